The predicted molar refractivity (Wildman–Crippen MR) is 58.2 cm³/mol. The van der Waals surface area contributed by atoms with Crippen LogP contribution in [0.5, 0.6) is 0 Å². The van der Waals surface area contributed by atoms with E-state index in [-0.39, 0.29) is 10.7 Å². The molecular formula is C10H19NOS. The quantitative estimate of drug-likeness (QED) is 0.677. The van der Waals surface area contributed by atoms with Gasteiger partial charge in [-0.1, -0.05) is 13.8 Å². The fraction of sp³-hybridized carbons (Fsp3) is 0.900. The SMILES string of the molecule is CN(C)CC1CSC(C)(C)CC1=O. The lowest BCUT2D eigenvalue weighted by Gasteiger charge is -2.33. The van der Waals surface area contributed by atoms with Gasteiger partial charge in [0.25, 0.3) is 0 Å². The van der Waals surface area contributed by atoms with Gasteiger partial charge in [0.2, 0.25) is 0 Å². The first-order valence-electron chi connectivity index (χ1n) is 4.72. The number of ketones is 1. The summed E-state index contributed by atoms with van der Waals surface area (Å²) >= 11 is 1.93. The number of nitrogens with zero attached hydrogens (tertiary/aromatic N) is 1. The zero-order chi connectivity index (χ0) is 10.1. The highest BCUT2D eigenvalue weighted by molar-refractivity contribution is 8.00. The Labute approximate surface area is 85.1 Å². The second-order valence-corrected chi connectivity index (χ2v) is 6.40. The molecule has 0 saturated carbocycles. The molecule has 0 N–H and O–H groups in total. The number of carbonyl (C=O) groups is 1. The molecule has 1 aliphatic rings. The number of Topliss-reactive ketones (excluding diaryl/α,β-unsaturated/α-hetero) is 1. The smallest absolute Gasteiger partial charge is 0.139 e. The molecule has 1 aliphatic heterocycles. The monoisotopic (exact) mass is 201 g/mol. The van der Waals surface area contributed by atoms with Gasteiger partial charge in [-0.15, -0.1) is 0 Å². The molecule has 1 heterocycles. The van der Waals surface area contributed by atoms with Crippen molar-refractivity contribution in [2.24, 2.45) is 5.92 Å². The second-order valence-electron chi connectivity index (χ2n) is 4.67. The van der Waals surface area contributed by atoms with Crippen molar-refractivity contribution in [3.63, 3.8) is 0 Å². The van der Waals surface area contributed by atoms with Gasteiger partial charge in [-0.2, -0.15) is 11.8 Å². The Kier molecular flexibility index (Phi) is 3.41. The van der Waals surface area contributed by atoms with E-state index in [1.807, 2.05) is 25.9 Å². The molecule has 2 nitrogen and oxygen atoms in total. The van der Waals surface area contributed by atoms with E-state index in [0.717, 1.165) is 18.7 Å². The molecule has 1 saturated heterocycles. The summed E-state index contributed by atoms with van der Waals surface area (Å²) in [6, 6.07) is 0. The Morgan fingerprint density at radius 3 is 2.62 bits per heavy atom. The normalized spacial score (nSPS) is 28.1. The molecule has 0 aromatic rings. The van der Waals surface area contributed by atoms with E-state index < -0.39 is 0 Å². The minimum atomic E-state index is 0.167. The molecule has 1 fully saturated rings. The fourth-order valence-corrected chi connectivity index (χ4v) is 2.82. The van der Waals surface area contributed by atoms with Gasteiger partial charge in [-0.3, -0.25) is 4.79 Å². The lowest BCUT2D eigenvalue weighted by molar-refractivity contribution is -0.123. The van der Waals surface area contributed by atoms with Crippen molar-refractivity contribution in [1.29, 1.82) is 0 Å². The van der Waals surface area contributed by atoms with Gasteiger partial charge < -0.3 is 4.90 Å². The van der Waals surface area contributed by atoms with Crippen molar-refractivity contribution in [2.75, 3.05) is 26.4 Å². The van der Waals surface area contributed by atoms with E-state index in [1.54, 1.807) is 0 Å². The predicted octanol–water partition coefficient (Wildman–Crippen LogP) is 1.65. The van der Waals surface area contributed by atoms with Crippen LogP contribution < -0.4 is 0 Å². The van der Waals surface area contributed by atoms with Crippen molar-refractivity contribution in [3.05, 3.63) is 0 Å². The zero-order valence-corrected chi connectivity index (χ0v) is 9.78. The second kappa shape index (κ2) is 4.01. The minimum Gasteiger partial charge on any atom is -0.309 e. The first-order chi connectivity index (χ1) is 5.91. The van der Waals surface area contributed by atoms with Crippen LogP contribution in [-0.4, -0.2) is 41.8 Å². The Hall–Kier alpha value is -0.0200. The number of carbonyl (C=O) groups excluding carboxylic acids is 1. The van der Waals surface area contributed by atoms with Crippen LogP contribution in [0.1, 0.15) is 20.3 Å². The molecule has 1 unspecified atom stereocenters. The minimum absolute atomic E-state index is 0.167. The highest BCUT2D eigenvalue weighted by Gasteiger charge is 2.33. The summed E-state index contributed by atoms with van der Waals surface area (Å²) in [5, 5.41) is 0. The summed E-state index contributed by atoms with van der Waals surface area (Å²) in [6.07, 6.45) is 0.732. The molecule has 0 radical (unpaired) electrons. The highest BCUT2D eigenvalue weighted by atomic mass is 32.2. The van der Waals surface area contributed by atoms with E-state index in [0.29, 0.717) is 5.78 Å². The zero-order valence-electron chi connectivity index (χ0n) is 8.96. The summed E-state index contributed by atoms with van der Waals surface area (Å²) in [4.78, 5) is 13.8. The Bertz CT molecular complexity index is 201. The number of thioether (sulfide) groups is 1. The molecule has 0 spiro atoms. The van der Waals surface area contributed by atoms with E-state index in [2.05, 4.69) is 18.7 Å². The molecule has 1 rings (SSSR count). The summed E-state index contributed by atoms with van der Waals surface area (Å²) in [5.41, 5.74) is 0. The van der Waals surface area contributed by atoms with E-state index in [4.69, 9.17) is 0 Å². The van der Waals surface area contributed by atoms with Crippen LogP contribution in [0.25, 0.3) is 0 Å². The molecule has 0 aromatic heterocycles. The van der Waals surface area contributed by atoms with E-state index in [9.17, 15) is 4.79 Å². The summed E-state index contributed by atoms with van der Waals surface area (Å²) in [7, 11) is 4.05. The van der Waals surface area contributed by atoms with E-state index in [1.165, 1.54) is 0 Å². The van der Waals surface area contributed by atoms with Gasteiger partial charge in [-0.05, 0) is 14.1 Å². The van der Waals surface area contributed by atoms with Gasteiger partial charge in [0.05, 0.1) is 0 Å². The molecular weight excluding hydrogens is 182 g/mol. The standard InChI is InChI=1S/C10H19NOS/c1-10(2)5-9(12)8(7-13-10)6-11(3)4/h8H,5-7H2,1-4H3. The first-order valence-corrected chi connectivity index (χ1v) is 5.71. The van der Waals surface area contributed by atoms with Crippen molar-refractivity contribution in [2.45, 2.75) is 25.0 Å². The lowest BCUT2D eigenvalue weighted by Crippen LogP contribution is -2.38. The maximum absolute atomic E-state index is 11.7. The van der Waals surface area contributed by atoms with Crippen LogP contribution in [0.15, 0.2) is 0 Å². The van der Waals surface area contributed by atoms with Crippen molar-refractivity contribution in [1.82, 2.24) is 4.90 Å². The molecule has 13 heavy (non-hydrogen) atoms. The first kappa shape index (κ1) is 11.1. The van der Waals surface area contributed by atoms with Gasteiger partial charge in [0.1, 0.15) is 5.78 Å². The molecule has 0 aliphatic carbocycles. The Balaban J connectivity index is 2.49. The van der Waals surface area contributed by atoms with Crippen LogP contribution in [-0.2, 0) is 4.79 Å². The van der Waals surface area contributed by atoms with E-state index >= 15 is 0 Å². The topological polar surface area (TPSA) is 20.3 Å². The maximum atomic E-state index is 11.7. The summed E-state index contributed by atoms with van der Waals surface area (Å²) in [5.74, 6) is 1.69. The average Bonchev–Trinajstić information content (AvgIpc) is 1.93. The fourth-order valence-electron chi connectivity index (χ4n) is 1.63. The van der Waals surface area contributed by atoms with Crippen LogP contribution in [0.2, 0.25) is 0 Å². The van der Waals surface area contributed by atoms with Crippen molar-refractivity contribution >= 4 is 17.5 Å². The summed E-state index contributed by atoms with van der Waals surface area (Å²) in [6.45, 7) is 5.21. The van der Waals surface area contributed by atoms with Crippen molar-refractivity contribution < 1.29 is 4.79 Å². The molecule has 0 aromatic carbocycles. The molecule has 0 bridgehead atoms. The van der Waals surface area contributed by atoms with Crippen LogP contribution in [0, 0.1) is 5.92 Å². The average molecular weight is 201 g/mol. The third-order valence-corrected chi connectivity index (χ3v) is 3.81. The number of hydrogen-bond acceptors (Lipinski definition) is 3. The number of hydrogen-bond donors (Lipinski definition) is 0. The van der Waals surface area contributed by atoms with Gasteiger partial charge in [0, 0.05) is 29.4 Å². The lowest BCUT2D eigenvalue weighted by atomic mass is 9.96. The van der Waals surface area contributed by atoms with Crippen LogP contribution in [0.4, 0.5) is 0 Å². The largest absolute Gasteiger partial charge is 0.309 e. The molecule has 3 heteroatoms. The van der Waals surface area contributed by atoms with Gasteiger partial charge >= 0.3 is 0 Å². The maximum Gasteiger partial charge on any atom is 0.139 e. The molecule has 0 amide bonds. The third kappa shape index (κ3) is 3.31. The van der Waals surface area contributed by atoms with Crippen LogP contribution >= 0.6 is 11.8 Å². The Morgan fingerprint density at radius 1 is 1.54 bits per heavy atom. The summed E-state index contributed by atoms with van der Waals surface area (Å²) < 4.78 is 0.167. The molecule has 1 atom stereocenters. The highest BCUT2D eigenvalue weighted by Crippen LogP contribution is 2.36. The number of rotatable bonds is 2. The van der Waals surface area contributed by atoms with Gasteiger partial charge in [-0.25, -0.2) is 0 Å². The van der Waals surface area contributed by atoms with Gasteiger partial charge in [0.15, 0.2) is 0 Å². The molecule has 76 valence electrons. The Morgan fingerprint density at radius 2 is 2.15 bits per heavy atom. The van der Waals surface area contributed by atoms with Crippen LogP contribution in [0.3, 0.4) is 0 Å². The van der Waals surface area contributed by atoms with Crippen molar-refractivity contribution in [3.8, 4) is 0 Å². The third-order valence-electron chi connectivity index (χ3n) is 2.32.